The lowest BCUT2D eigenvalue weighted by Crippen LogP contribution is -2.46. The Morgan fingerprint density at radius 3 is 0.971 bits per heavy atom. The summed E-state index contributed by atoms with van der Waals surface area (Å²) in [5.74, 6) is 2.18. The lowest BCUT2D eigenvalue weighted by atomic mass is 9.99. The Morgan fingerprint density at radius 1 is 0.294 bits per heavy atom. The number of ether oxygens (including phenoxy) is 2. The van der Waals surface area contributed by atoms with E-state index in [0.717, 1.165) is 89.6 Å². The van der Waals surface area contributed by atoms with E-state index in [0.29, 0.717) is 44.2 Å². The molecule has 0 fully saturated rings. The zero-order valence-electron chi connectivity index (χ0n) is 35.9. The van der Waals surface area contributed by atoms with Crippen molar-refractivity contribution in [2.45, 2.75) is 0 Å². The lowest BCUT2D eigenvalue weighted by molar-refractivity contribution is 0.484. The van der Waals surface area contributed by atoms with Gasteiger partial charge in [0.15, 0.2) is 14.3 Å². The third kappa shape index (κ3) is 4.30. The predicted molar refractivity (Wildman–Crippen MR) is 276 cm³/mol. The van der Waals surface area contributed by atoms with Crippen molar-refractivity contribution in [2.75, 3.05) is 19.6 Å². The normalized spacial score (nSPS) is 18.6. The van der Waals surface area contributed by atoms with Crippen LogP contribution < -0.4 is 60.9 Å². The molecule has 10 aromatic rings. The highest BCUT2D eigenvalue weighted by molar-refractivity contribution is 7.88. The molecule has 2 atom stereocenters. The quantitative estimate of drug-likeness (QED) is 0.162. The smallest absolute Gasteiger partial charge is 0.186 e. The highest BCUT2D eigenvalue weighted by atomic mass is 31.2. The predicted octanol–water partition coefficient (Wildman–Crippen LogP) is 13.5. The first-order valence-electron chi connectivity index (χ1n) is 22.7. The Balaban J connectivity index is 1.10. The summed E-state index contributed by atoms with van der Waals surface area (Å²) in [6.45, 7) is 0. The molecule has 0 bridgehead atoms. The van der Waals surface area contributed by atoms with Crippen LogP contribution in [0.3, 0.4) is 0 Å². The number of anilines is 12. The van der Waals surface area contributed by atoms with Gasteiger partial charge in [0, 0.05) is 28.1 Å². The summed E-state index contributed by atoms with van der Waals surface area (Å²) in [5, 5.41) is 5.72. The number of hydrogen-bond donors (Lipinski definition) is 0. The molecule has 0 saturated heterocycles. The van der Waals surface area contributed by atoms with Crippen LogP contribution in [0.2, 0.25) is 0 Å². The molecule has 6 aliphatic heterocycles. The summed E-state index contributed by atoms with van der Waals surface area (Å²) in [6.07, 6.45) is 0. The Hall–Kier alpha value is -8.28. The molecule has 6 heterocycles. The Labute approximate surface area is 390 Å². The van der Waals surface area contributed by atoms with Crippen LogP contribution in [0.5, 0.6) is 23.0 Å². The van der Waals surface area contributed by atoms with Crippen molar-refractivity contribution in [1.29, 1.82) is 0 Å². The number of nitrogens with zero attached hydrogens (tertiary/aromatic N) is 4. The van der Waals surface area contributed by atoms with Gasteiger partial charge in [0.2, 0.25) is 0 Å². The molecule has 10 aromatic carbocycles. The molecular weight excluding hydrogens is 879 g/mol. The van der Waals surface area contributed by atoms with Crippen molar-refractivity contribution in [1.82, 2.24) is 0 Å². The number of rotatable bonds is 4. The third-order valence-electron chi connectivity index (χ3n) is 14.5. The maximum atomic E-state index is 17.5. The first-order chi connectivity index (χ1) is 33.5. The summed E-state index contributed by atoms with van der Waals surface area (Å²) in [5.41, 5.74) is 10.1. The van der Waals surface area contributed by atoms with E-state index < -0.39 is 14.3 Å². The molecule has 68 heavy (non-hydrogen) atoms. The molecule has 0 amide bonds. The molecule has 0 radical (unpaired) electrons. The fraction of sp³-hybridized carbons (Fsp3) is 0. The van der Waals surface area contributed by atoms with Crippen LogP contribution in [0, 0.1) is 0 Å². The molecule has 6 aliphatic rings. The van der Waals surface area contributed by atoms with Gasteiger partial charge in [-0.15, -0.1) is 0 Å². The zero-order valence-corrected chi connectivity index (χ0v) is 37.7. The second-order valence-corrected chi connectivity index (χ2v) is 23.0. The van der Waals surface area contributed by atoms with E-state index in [2.05, 4.69) is 117 Å². The maximum absolute atomic E-state index is 17.5. The van der Waals surface area contributed by atoms with Gasteiger partial charge in [-0.3, -0.25) is 0 Å². The van der Waals surface area contributed by atoms with Crippen LogP contribution in [0.25, 0.3) is 10.8 Å². The minimum absolute atomic E-state index is 0.522. The van der Waals surface area contributed by atoms with Crippen molar-refractivity contribution in [3.8, 4) is 23.0 Å². The van der Waals surface area contributed by atoms with Gasteiger partial charge in [-0.2, -0.15) is 0 Å². The van der Waals surface area contributed by atoms with Crippen LogP contribution in [0.1, 0.15) is 0 Å². The van der Waals surface area contributed by atoms with E-state index in [4.69, 9.17) is 9.47 Å². The van der Waals surface area contributed by atoms with E-state index >= 15 is 9.13 Å². The summed E-state index contributed by atoms with van der Waals surface area (Å²) in [6, 6.07) is 69.8. The van der Waals surface area contributed by atoms with Gasteiger partial charge < -0.3 is 38.2 Å². The molecular formula is C58H34N4O4P2. The van der Waals surface area contributed by atoms with Crippen LogP contribution >= 0.6 is 14.3 Å². The number of fused-ring (bicyclic) bond motifs is 3. The van der Waals surface area contributed by atoms with Gasteiger partial charge in [-0.05, 0) is 115 Å². The molecule has 0 N–H and O–H groups in total. The van der Waals surface area contributed by atoms with Crippen molar-refractivity contribution in [2.24, 2.45) is 0 Å². The van der Waals surface area contributed by atoms with E-state index in [1.165, 1.54) is 0 Å². The zero-order chi connectivity index (χ0) is 44.6. The standard InChI is InChI=1S/C58H34N4O4P2/c63-67-53-40-25-13-27-42(53)61(38-21-9-3-10-22-38)51-50-35(33-48(57(51)67)65-46-31-15-29-44(55(46)67)59(40)36-17-5-1-6-18-36)34-49-58-52(50)62(39-23-11-4-12-24-39)43-28-14-26-41-54(43)68(58,64)56-45(30-16-32-47(56)66-49)60(41)37-19-7-2-8-20-37/h1-34H. The summed E-state index contributed by atoms with van der Waals surface area (Å²) < 4.78 is 49.3. The topological polar surface area (TPSA) is 65.6 Å². The molecule has 10 heteroatoms. The Morgan fingerprint density at radius 2 is 0.603 bits per heavy atom. The first-order valence-corrected chi connectivity index (χ1v) is 26.1. The second kappa shape index (κ2) is 12.8. The molecule has 0 aliphatic carbocycles. The van der Waals surface area contributed by atoms with Crippen molar-refractivity contribution in [3.63, 3.8) is 0 Å². The molecule has 0 aromatic heterocycles. The van der Waals surface area contributed by atoms with Crippen LogP contribution in [0.4, 0.5) is 68.2 Å². The number of para-hydroxylation sites is 4. The summed E-state index contributed by atoms with van der Waals surface area (Å²) >= 11 is 0. The van der Waals surface area contributed by atoms with Gasteiger partial charge >= 0.3 is 0 Å². The Bertz CT molecular complexity index is 3760. The fourth-order valence-corrected chi connectivity index (χ4v) is 19.1. The van der Waals surface area contributed by atoms with E-state index in [-0.39, 0.29) is 0 Å². The SMILES string of the molecule is O=P12c3c4cccc3N(c3ccccc3)c3cccc(c31)N(c1ccccc1)c1c2c(cc2cc3c5c(c12)N(c1ccccc1)c1cccc2c1P5(=O)c1c(cccc1N2c1ccccc1)O3)O4. The second-order valence-electron chi connectivity index (χ2n) is 17.9. The molecule has 2 unspecified atom stereocenters. The number of benzene rings is 10. The van der Waals surface area contributed by atoms with E-state index in [1.54, 1.807) is 0 Å². The van der Waals surface area contributed by atoms with Crippen LogP contribution in [-0.2, 0) is 9.13 Å². The molecule has 8 nitrogen and oxygen atoms in total. The monoisotopic (exact) mass is 912 g/mol. The van der Waals surface area contributed by atoms with Crippen LogP contribution in [-0.4, -0.2) is 0 Å². The minimum Gasteiger partial charge on any atom is -0.456 e. The number of hydrogen-bond acceptors (Lipinski definition) is 8. The highest BCUT2D eigenvalue weighted by Gasteiger charge is 2.58. The molecule has 0 spiro atoms. The first kappa shape index (κ1) is 36.9. The average molecular weight is 913 g/mol. The van der Waals surface area contributed by atoms with Crippen molar-refractivity contribution < 1.29 is 18.6 Å². The van der Waals surface area contributed by atoms with Gasteiger partial charge in [-0.1, -0.05) is 97.1 Å². The van der Waals surface area contributed by atoms with Crippen molar-refractivity contribution >= 4 is 125 Å². The minimum atomic E-state index is -3.76. The van der Waals surface area contributed by atoms with Crippen molar-refractivity contribution in [3.05, 3.63) is 206 Å². The third-order valence-corrected chi connectivity index (χ3v) is 20.9. The van der Waals surface area contributed by atoms with Crippen LogP contribution in [0.15, 0.2) is 206 Å². The molecule has 320 valence electrons. The average Bonchev–Trinajstić information content (AvgIpc) is 3.37. The Kier molecular flexibility index (Phi) is 6.93. The molecule has 0 saturated carbocycles. The highest BCUT2D eigenvalue weighted by Crippen LogP contribution is 2.71. The van der Waals surface area contributed by atoms with Gasteiger partial charge in [0.25, 0.3) is 0 Å². The summed E-state index contributed by atoms with van der Waals surface area (Å²) in [4.78, 5) is 9.00. The van der Waals surface area contributed by atoms with Gasteiger partial charge in [0.05, 0.1) is 77.3 Å². The van der Waals surface area contributed by atoms with Gasteiger partial charge in [0.1, 0.15) is 23.0 Å². The fourth-order valence-electron chi connectivity index (χ4n) is 12.1. The largest absolute Gasteiger partial charge is 0.456 e. The van der Waals surface area contributed by atoms with E-state index in [1.807, 2.05) is 109 Å². The van der Waals surface area contributed by atoms with E-state index in [9.17, 15) is 0 Å². The maximum Gasteiger partial charge on any atom is 0.186 e. The molecule has 16 rings (SSSR count). The van der Waals surface area contributed by atoms with Gasteiger partial charge in [-0.25, -0.2) is 0 Å². The lowest BCUT2D eigenvalue weighted by Gasteiger charge is -2.49. The summed E-state index contributed by atoms with van der Waals surface area (Å²) in [7, 11) is -7.53.